The Labute approximate surface area is 224 Å². The van der Waals surface area contributed by atoms with Gasteiger partial charge < -0.3 is 18.9 Å². The summed E-state index contributed by atoms with van der Waals surface area (Å²) >= 11 is 0. The maximum absolute atomic E-state index is 13.9. The van der Waals surface area contributed by atoms with Gasteiger partial charge in [-0.15, -0.1) is 0 Å². The highest BCUT2D eigenvalue weighted by atomic mass is 16.5. The predicted molar refractivity (Wildman–Crippen MR) is 146 cm³/mol. The molecule has 0 amide bonds. The first-order chi connectivity index (χ1) is 18.3. The van der Waals surface area contributed by atoms with Crippen molar-refractivity contribution in [2.45, 2.75) is 64.9 Å². The Balaban J connectivity index is 1.80. The molecule has 0 N–H and O–H groups in total. The highest BCUT2D eigenvalue weighted by Gasteiger charge is 2.46. The number of carbonyl (C=O) groups is 2. The average Bonchev–Trinajstić information content (AvgIpc) is 2.92. The quantitative estimate of drug-likeness (QED) is 0.377. The molecule has 0 saturated carbocycles. The van der Waals surface area contributed by atoms with Crippen LogP contribution >= 0.6 is 0 Å². The summed E-state index contributed by atoms with van der Waals surface area (Å²) < 4.78 is 22.6. The van der Waals surface area contributed by atoms with Crippen molar-refractivity contribution in [3.05, 3.63) is 64.9 Å². The van der Waals surface area contributed by atoms with E-state index in [-0.39, 0.29) is 23.8 Å². The molecular weight excluding hydrogens is 482 g/mol. The summed E-state index contributed by atoms with van der Waals surface area (Å²) in [6.07, 6.45) is 1.36. The van der Waals surface area contributed by atoms with Crippen LogP contribution in [0.1, 0.15) is 69.9 Å². The molecule has 1 aliphatic heterocycles. The highest BCUT2D eigenvalue weighted by molar-refractivity contribution is 6.09. The van der Waals surface area contributed by atoms with Crippen LogP contribution in [0.4, 0.5) is 0 Å². The fourth-order valence-corrected chi connectivity index (χ4v) is 5.42. The Kier molecular flexibility index (Phi) is 8.55. The molecule has 0 aromatic heterocycles. The lowest BCUT2D eigenvalue weighted by molar-refractivity contribution is -0.151. The van der Waals surface area contributed by atoms with Crippen molar-refractivity contribution >= 4 is 17.5 Å². The fraction of sp³-hybridized carbons (Fsp3) is 0.452. The van der Waals surface area contributed by atoms with Gasteiger partial charge in [-0.05, 0) is 63.3 Å². The minimum Gasteiger partial charge on any atom is -0.494 e. The largest absolute Gasteiger partial charge is 0.494 e. The molecule has 2 aromatic rings. The number of rotatable bonds is 9. The second-order valence-electron chi connectivity index (χ2n) is 9.84. The van der Waals surface area contributed by atoms with Gasteiger partial charge in [0.15, 0.2) is 17.3 Å². The Morgan fingerprint density at radius 1 is 1.03 bits per heavy atom. The molecule has 0 saturated heterocycles. The van der Waals surface area contributed by atoms with Gasteiger partial charge in [0, 0.05) is 34.9 Å². The van der Waals surface area contributed by atoms with E-state index in [9.17, 15) is 9.59 Å². The van der Waals surface area contributed by atoms with Crippen LogP contribution in [0, 0.1) is 5.92 Å². The van der Waals surface area contributed by atoms with Crippen molar-refractivity contribution < 1.29 is 28.5 Å². The van der Waals surface area contributed by atoms with E-state index in [1.165, 1.54) is 0 Å². The monoisotopic (exact) mass is 519 g/mol. The highest BCUT2D eigenvalue weighted by Crippen LogP contribution is 2.49. The van der Waals surface area contributed by atoms with Crippen molar-refractivity contribution in [2.24, 2.45) is 10.9 Å². The normalized spacial score (nSPS) is 21.8. The van der Waals surface area contributed by atoms with E-state index in [0.29, 0.717) is 54.4 Å². The summed E-state index contributed by atoms with van der Waals surface area (Å²) in [5.74, 6) is 0.253. The Bertz CT molecular complexity index is 1260. The zero-order valence-electron chi connectivity index (χ0n) is 23.1. The molecule has 1 aliphatic carbocycles. The van der Waals surface area contributed by atoms with Crippen LogP contribution in [0.3, 0.4) is 0 Å². The number of nitrogens with zero attached hydrogens (tertiary/aromatic N) is 1. The van der Waals surface area contributed by atoms with E-state index in [2.05, 4.69) is 0 Å². The first-order valence-electron chi connectivity index (χ1n) is 13.3. The summed E-state index contributed by atoms with van der Waals surface area (Å²) in [4.78, 5) is 32.3. The lowest BCUT2D eigenvalue weighted by Crippen LogP contribution is -2.39. The molecule has 0 spiro atoms. The van der Waals surface area contributed by atoms with Crippen LogP contribution in [-0.4, -0.2) is 44.4 Å². The van der Waals surface area contributed by atoms with Gasteiger partial charge in [-0.3, -0.25) is 14.6 Å². The molecule has 1 unspecified atom stereocenters. The Morgan fingerprint density at radius 2 is 1.76 bits per heavy atom. The zero-order chi connectivity index (χ0) is 27.4. The topological polar surface area (TPSA) is 83.4 Å². The van der Waals surface area contributed by atoms with Crippen molar-refractivity contribution in [3.8, 4) is 17.2 Å². The van der Waals surface area contributed by atoms with Gasteiger partial charge in [-0.25, -0.2) is 0 Å². The number of benzene rings is 2. The summed E-state index contributed by atoms with van der Waals surface area (Å²) in [5.41, 5.74) is 3.75. The molecular formula is C31H37NO6. The Morgan fingerprint density at radius 3 is 2.45 bits per heavy atom. The Hall–Kier alpha value is -3.61. The predicted octanol–water partition coefficient (Wildman–Crippen LogP) is 6.02. The van der Waals surface area contributed by atoms with Crippen LogP contribution in [0.2, 0.25) is 0 Å². The number of ether oxygens (including phenoxy) is 4. The number of ketones is 1. The van der Waals surface area contributed by atoms with Crippen molar-refractivity contribution in [2.75, 3.05) is 20.8 Å². The average molecular weight is 520 g/mol. The number of hydrogen-bond acceptors (Lipinski definition) is 7. The summed E-state index contributed by atoms with van der Waals surface area (Å²) in [6.45, 7) is 8.10. The van der Waals surface area contributed by atoms with Gasteiger partial charge in [0.25, 0.3) is 0 Å². The first kappa shape index (κ1) is 27.4. The maximum atomic E-state index is 13.9. The molecule has 7 nitrogen and oxygen atoms in total. The van der Waals surface area contributed by atoms with E-state index in [4.69, 9.17) is 23.9 Å². The number of Topliss-reactive ketones (excluding diaryl/α,β-unsaturated/α-hetero) is 1. The summed E-state index contributed by atoms with van der Waals surface area (Å²) in [7, 11) is 3.20. The third-order valence-electron chi connectivity index (χ3n) is 7.47. The van der Waals surface area contributed by atoms with Gasteiger partial charge in [0.05, 0.1) is 26.9 Å². The smallest absolute Gasteiger partial charge is 0.315 e. The van der Waals surface area contributed by atoms with E-state index >= 15 is 0 Å². The van der Waals surface area contributed by atoms with E-state index < -0.39 is 11.8 Å². The molecule has 0 fully saturated rings. The summed E-state index contributed by atoms with van der Waals surface area (Å²) in [6, 6.07) is 13.4. The SMILES string of the molecule is CCOc1ccccc1[C@H]1C2=C(C[C@@H](c3ccc(OC)c(OC)c3)CC2=O)N=C(C)C1C(=O)O[C@@H](C)CC. The molecule has 0 bridgehead atoms. The third kappa shape index (κ3) is 5.33. The number of carbonyl (C=O) groups excluding carboxylic acids is 2. The molecule has 4 rings (SSSR count). The standard InChI is InChI=1S/C31H37NO6/c1-7-18(3)38-31(34)28-19(4)32-23-15-21(20-13-14-26(35-5)27(17-20)36-6)16-24(33)30(23)29(28)22-11-9-10-12-25(22)37-8-2/h9-14,17-18,21,28-29H,7-8,15-16H2,1-6H3/t18-,21+,28?,29+/m0/s1. The molecule has 2 aliphatic rings. The maximum Gasteiger partial charge on any atom is 0.315 e. The second kappa shape index (κ2) is 11.8. The first-order valence-corrected chi connectivity index (χ1v) is 13.3. The van der Waals surface area contributed by atoms with Crippen LogP contribution in [0.25, 0.3) is 0 Å². The van der Waals surface area contributed by atoms with Gasteiger partial charge in [-0.2, -0.15) is 0 Å². The third-order valence-corrected chi connectivity index (χ3v) is 7.47. The number of para-hydroxylation sites is 1. The fourth-order valence-electron chi connectivity index (χ4n) is 5.42. The number of methoxy groups -OCH3 is 2. The molecule has 0 radical (unpaired) electrons. The van der Waals surface area contributed by atoms with Gasteiger partial charge in [0.1, 0.15) is 11.7 Å². The lowest BCUT2D eigenvalue weighted by atomic mass is 9.69. The van der Waals surface area contributed by atoms with Crippen LogP contribution in [0.5, 0.6) is 17.2 Å². The van der Waals surface area contributed by atoms with Crippen LogP contribution < -0.4 is 14.2 Å². The zero-order valence-corrected chi connectivity index (χ0v) is 23.1. The molecule has 4 atom stereocenters. The van der Waals surface area contributed by atoms with Gasteiger partial charge in [0.2, 0.25) is 0 Å². The van der Waals surface area contributed by atoms with Gasteiger partial charge in [-0.1, -0.05) is 31.2 Å². The summed E-state index contributed by atoms with van der Waals surface area (Å²) in [5, 5.41) is 0. The van der Waals surface area contributed by atoms with E-state index in [1.54, 1.807) is 14.2 Å². The number of allylic oxidation sites excluding steroid dienone is 2. The van der Waals surface area contributed by atoms with Crippen molar-refractivity contribution in [3.63, 3.8) is 0 Å². The number of aliphatic imine (C=N–C) groups is 1. The lowest BCUT2D eigenvalue weighted by Gasteiger charge is -2.37. The van der Waals surface area contributed by atoms with Crippen LogP contribution in [-0.2, 0) is 14.3 Å². The molecule has 1 heterocycles. The number of esters is 1. The molecule has 2 aromatic carbocycles. The minimum absolute atomic E-state index is 0.0140. The van der Waals surface area contributed by atoms with E-state index in [1.807, 2.05) is 70.2 Å². The molecule has 7 heteroatoms. The minimum atomic E-state index is -0.703. The van der Waals surface area contributed by atoms with Gasteiger partial charge >= 0.3 is 5.97 Å². The molecule has 38 heavy (non-hydrogen) atoms. The number of hydrogen-bond donors (Lipinski definition) is 0. The van der Waals surface area contributed by atoms with E-state index in [0.717, 1.165) is 16.8 Å². The second-order valence-corrected chi connectivity index (χ2v) is 9.84. The van der Waals surface area contributed by atoms with Crippen molar-refractivity contribution in [1.29, 1.82) is 0 Å². The van der Waals surface area contributed by atoms with Crippen LogP contribution in [0.15, 0.2) is 58.7 Å². The molecule has 202 valence electrons. The van der Waals surface area contributed by atoms with Crippen molar-refractivity contribution in [1.82, 2.24) is 0 Å².